The summed E-state index contributed by atoms with van der Waals surface area (Å²) < 4.78 is 10.3. The quantitative estimate of drug-likeness (QED) is 0.796. The largest absolute Gasteiger partial charge is 0.462 e. The van der Waals surface area contributed by atoms with Crippen LogP contribution in [0.2, 0.25) is 0 Å². The molecule has 1 N–H and O–H groups in total. The molecule has 0 bridgehead atoms. The van der Waals surface area contributed by atoms with Crippen LogP contribution in [0.25, 0.3) is 10.8 Å². The van der Waals surface area contributed by atoms with Gasteiger partial charge >= 0.3 is 0 Å². The Kier molecular flexibility index (Phi) is 3.53. The molecule has 0 atom stereocenters. The molecule has 21 heavy (non-hydrogen) atoms. The maximum Gasteiger partial charge on any atom is 0.230 e. The van der Waals surface area contributed by atoms with Gasteiger partial charge in [0.25, 0.3) is 0 Å². The highest BCUT2D eigenvalue weighted by molar-refractivity contribution is 7.18. The molecule has 7 nitrogen and oxygen atoms in total. The molecular weight excluding hydrogens is 292 g/mol. The van der Waals surface area contributed by atoms with Gasteiger partial charge in [0.2, 0.25) is 11.0 Å². The van der Waals surface area contributed by atoms with Crippen molar-refractivity contribution in [3.63, 3.8) is 0 Å². The molecule has 0 spiro atoms. The average molecular weight is 304 g/mol. The second-order valence-corrected chi connectivity index (χ2v) is 5.39. The van der Waals surface area contributed by atoms with Gasteiger partial charge in [-0.1, -0.05) is 16.5 Å². The molecule has 0 aliphatic carbocycles. The van der Waals surface area contributed by atoms with Crippen LogP contribution in [0.1, 0.15) is 17.0 Å². The second-order valence-electron chi connectivity index (χ2n) is 4.42. The van der Waals surface area contributed by atoms with Gasteiger partial charge in [-0.25, -0.2) is 0 Å². The standard InChI is InChI=1S/C13H12N4O3S/c1-7-9(8(2)20-17-7)6-11(18)14-13-16-15-12(21-13)10-4-3-5-19-10/h3-5H,6H2,1-2H3,(H,14,16,18). The molecule has 1 amide bonds. The number of amides is 1. The molecule has 0 saturated carbocycles. The number of hydrogen-bond donors (Lipinski definition) is 1. The molecule has 3 aromatic heterocycles. The van der Waals surface area contributed by atoms with E-state index in [1.807, 2.05) is 0 Å². The predicted molar refractivity (Wildman–Crippen MR) is 75.9 cm³/mol. The number of hydrogen-bond acceptors (Lipinski definition) is 7. The first kappa shape index (κ1) is 13.5. The monoisotopic (exact) mass is 304 g/mol. The molecule has 0 aromatic carbocycles. The van der Waals surface area contributed by atoms with Crippen molar-refractivity contribution >= 4 is 22.4 Å². The average Bonchev–Trinajstić information content (AvgIpc) is 3.16. The smallest absolute Gasteiger partial charge is 0.230 e. The Balaban J connectivity index is 1.68. The Morgan fingerprint density at radius 2 is 2.24 bits per heavy atom. The zero-order valence-electron chi connectivity index (χ0n) is 11.4. The molecular formula is C13H12N4O3S. The van der Waals surface area contributed by atoms with Crippen molar-refractivity contribution in [2.75, 3.05) is 5.32 Å². The molecule has 0 aliphatic heterocycles. The number of anilines is 1. The summed E-state index contributed by atoms with van der Waals surface area (Å²) in [5.41, 5.74) is 1.51. The summed E-state index contributed by atoms with van der Waals surface area (Å²) in [6.45, 7) is 3.58. The van der Waals surface area contributed by atoms with Crippen molar-refractivity contribution in [2.45, 2.75) is 20.3 Å². The van der Waals surface area contributed by atoms with E-state index in [-0.39, 0.29) is 12.3 Å². The topological polar surface area (TPSA) is 94.1 Å². The predicted octanol–water partition coefficient (Wildman–Crippen LogP) is 2.58. The van der Waals surface area contributed by atoms with Crippen LogP contribution >= 0.6 is 11.3 Å². The van der Waals surface area contributed by atoms with E-state index in [1.165, 1.54) is 11.3 Å². The summed E-state index contributed by atoms with van der Waals surface area (Å²) in [5, 5.41) is 15.5. The fourth-order valence-corrected chi connectivity index (χ4v) is 2.58. The van der Waals surface area contributed by atoms with E-state index in [9.17, 15) is 4.79 Å². The molecule has 108 valence electrons. The molecule has 0 fully saturated rings. The van der Waals surface area contributed by atoms with E-state index in [0.717, 1.165) is 11.3 Å². The van der Waals surface area contributed by atoms with Gasteiger partial charge in [-0.3, -0.25) is 4.79 Å². The first-order chi connectivity index (χ1) is 10.1. The summed E-state index contributed by atoms with van der Waals surface area (Å²) in [4.78, 5) is 12.0. The van der Waals surface area contributed by atoms with Crippen LogP contribution in [0.4, 0.5) is 5.13 Å². The summed E-state index contributed by atoms with van der Waals surface area (Å²) in [7, 11) is 0. The molecule has 3 rings (SSSR count). The number of carbonyl (C=O) groups excluding carboxylic acids is 1. The minimum absolute atomic E-state index is 0.188. The second kappa shape index (κ2) is 5.49. The SMILES string of the molecule is Cc1noc(C)c1CC(=O)Nc1nnc(-c2ccco2)s1. The highest BCUT2D eigenvalue weighted by atomic mass is 32.1. The van der Waals surface area contributed by atoms with E-state index in [2.05, 4.69) is 20.7 Å². The van der Waals surface area contributed by atoms with Gasteiger partial charge in [-0.2, -0.15) is 0 Å². The number of carbonyl (C=O) groups is 1. The Bertz CT molecular complexity index is 741. The third kappa shape index (κ3) is 2.84. The lowest BCUT2D eigenvalue weighted by molar-refractivity contribution is -0.115. The zero-order valence-corrected chi connectivity index (χ0v) is 12.2. The Morgan fingerprint density at radius 3 is 2.90 bits per heavy atom. The fraction of sp³-hybridized carbons (Fsp3) is 0.231. The molecule has 0 radical (unpaired) electrons. The maximum absolute atomic E-state index is 12.0. The molecule has 0 unspecified atom stereocenters. The van der Waals surface area contributed by atoms with Crippen LogP contribution < -0.4 is 5.32 Å². The molecule has 8 heteroatoms. The first-order valence-electron chi connectivity index (χ1n) is 6.22. The Hall–Kier alpha value is -2.48. The van der Waals surface area contributed by atoms with Crippen molar-refractivity contribution in [1.82, 2.24) is 15.4 Å². The summed E-state index contributed by atoms with van der Waals surface area (Å²) in [6, 6.07) is 3.56. The van der Waals surface area contributed by atoms with Gasteiger partial charge in [-0.15, -0.1) is 10.2 Å². The van der Waals surface area contributed by atoms with Crippen LogP contribution in [-0.4, -0.2) is 21.3 Å². The van der Waals surface area contributed by atoms with Gasteiger partial charge in [0, 0.05) is 5.56 Å². The van der Waals surface area contributed by atoms with E-state index in [0.29, 0.717) is 21.7 Å². The van der Waals surface area contributed by atoms with E-state index < -0.39 is 0 Å². The van der Waals surface area contributed by atoms with Gasteiger partial charge in [0.1, 0.15) is 5.76 Å². The number of aromatic nitrogens is 3. The normalized spacial score (nSPS) is 10.8. The van der Waals surface area contributed by atoms with Gasteiger partial charge in [-0.05, 0) is 26.0 Å². The van der Waals surface area contributed by atoms with Crippen molar-refractivity contribution in [3.8, 4) is 10.8 Å². The van der Waals surface area contributed by atoms with Crippen LogP contribution in [0.15, 0.2) is 27.3 Å². The summed E-state index contributed by atoms with van der Waals surface area (Å²) in [5.74, 6) is 1.08. The van der Waals surface area contributed by atoms with Crippen molar-refractivity contribution < 1.29 is 13.7 Å². The van der Waals surface area contributed by atoms with E-state index >= 15 is 0 Å². The summed E-state index contributed by atoms with van der Waals surface area (Å²) in [6.07, 6.45) is 1.75. The van der Waals surface area contributed by atoms with Crippen LogP contribution in [0.3, 0.4) is 0 Å². The van der Waals surface area contributed by atoms with Crippen LogP contribution in [-0.2, 0) is 11.2 Å². The number of nitrogens with one attached hydrogen (secondary N) is 1. The third-order valence-corrected chi connectivity index (χ3v) is 3.78. The van der Waals surface area contributed by atoms with E-state index in [1.54, 1.807) is 32.2 Å². The highest BCUT2D eigenvalue weighted by Gasteiger charge is 2.15. The number of rotatable bonds is 4. The minimum Gasteiger partial charge on any atom is -0.462 e. The number of furan rings is 1. The zero-order chi connectivity index (χ0) is 14.8. The minimum atomic E-state index is -0.188. The summed E-state index contributed by atoms with van der Waals surface area (Å²) >= 11 is 1.25. The lowest BCUT2D eigenvalue weighted by Crippen LogP contribution is -2.15. The maximum atomic E-state index is 12.0. The van der Waals surface area contributed by atoms with Crippen molar-refractivity contribution in [2.24, 2.45) is 0 Å². The lowest BCUT2D eigenvalue weighted by atomic mass is 10.1. The number of aryl methyl sites for hydroxylation is 2. The fourth-order valence-electron chi connectivity index (χ4n) is 1.85. The van der Waals surface area contributed by atoms with Crippen LogP contribution in [0.5, 0.6) is 0 Å². The molecule has 0 aliphatic rings. The van der Waals surface area contributed by atoms with Crippen molar-refractivity contribution in [3.05, 3.63) is 35.4 Å². The molecule has 0 saturated heterocycles. The highest BCUT2D eigenvalue weighted by Crippen LogP contribution is 2.26. The number of nitrogens with zero attached hydrogens (tertiary/aromatic N) is 3. The first-order valence-corrected chi connectivity index (χ1v) is 7.04. The molecule has 3 heterocycles. The van der Waals surface area contributed by atoms with Gasteiger partial charge < -0.3 is 14.3 Å². The van der Waals surface area contributed by atoms with Crippen LogP contribution in [0, 0.1) is 13.8 Å². The van der Waals surface area contributed by atoms with Gasteiger partial charge in [0.15, 0.2) is 10.8 Å². The molecule has 3 aromatic rings. The third-order valence-electron chi connectivity index (χ3n) is 2.92. The van der Waals surface area contributed by atoms with Gasteiger partial charge in [0.05, 0.1) is 18.4 Å². The van der Waals surface area contributed by atoms with E-state index in [4.69, 9.17) is 8.94 Å². The Morgan fingerprint density at radius 1 is 1.38 bits per heavy atom. The van der Waals surface area contributed by atoms with Crippen molar-refractivity contribution in [1.29, 1.82) is 0 Å². The lowest BCUT2D eigenvalue weighted by Gasteiger charge is -2.00. The Labute approximate surface area is 124 Å².